The van der Waals surface area contributed by atoms with Gasteiger partial charge in [-0.05, 0) is 192 Å². The molecule has 0 radical (unpaired) electrons. The highest BCUT2D eigenvalue weighted by molar-refractivity contribution is 14.1. The molecule has 86 heavy (non-hydrogen) atoms. The van der Waals surface area contributed by atoms with E-state index in [0.717, 1.165) is 18.2 Å². The molecule has 24 nitrogen and oxygen atoms in total. The Hall–Kier alpha value is -7.39. The van der Waals surface area contributed by atoms with Crippen molar-refractivity contribution in [1.82, 2.24) is 0 Å². The summed E-state index contributed by atoms with van der Waals surface area (Å²) in [5, 5.41) is 34.2. The van der Waals surface area contributed by atoms with Crippen LogP contribution in [0.1, 0.15) is 78.8 Å². The Morgan fingerprint density at radius 2 is 0.605 bits per heavy atom. The molecule has 0 saturated heterocycles. The van der Waals surface area contributed by atoms with Crippen LogP contribution in [0.5, 0.6) is 17.2 Å². The molecule has 0 unspecified atom stereocenters. The molecular formula is C57H40I5N3O21. The van der Waals surface area contributed by atoms with E-state index in [2.05, 4.69) is 0 Å². The second kappa shape index (κ2) is 31.8. The van der Waals surface area contributed by atoms with Crippen LogP contribution in [-0.4, -0.2) is 90.2 Å². The van der Waals surface area contributed by atoms with Crippen LogP contribution in [-0.2, 0) is 48.2 Å². The molecule has 0 fully saturated rings. The first-order chi connectivity index (χ1) is 41.2. The number of benzene rings is 7. The molecule has 7 aromatic rings. The summed E-state index contributed by atoms with van der Waals surface area (Å²) in [5.41, 5.74) is -0.227. The summed E-state index contributed by atoms with van der Waals surface area (Å²) in [5.74, 6) is -4.10. The molecule has 0 aromatic heterocycles. The van der Waals surface area contributed by atoms with E-state index < -0.39 is 50.6 Å². The first kappa shape index (κ1) is 66.1. The van der Waals surface area contributed by atoms with Crippen LogP contribution in [0, 0.1) is 48.2 Å². The molecule has 29 heteroatoms. The highest BCUT2D eigenvalue weighted by atomic mass is 127. The average Bonchev–Trinajstić information content (AvgIpc) is 3.63. The minimum Gasteiger partial charge on any atom is -0.489 e. The second-order valence-corrected chi connectivity index (χ2v) is 23.1. The first-order valence-corrected chi connectivity index (χ1v) is 30.1. The standard InChI is InChI=1S/C57H40I5N3O21/c58-41-24-32(52(66)84-29-33-7-1-4-10-46(33)63(72)73)13-14-49(41)78-15-18-81-53(67)36-21-37(54(68)82-19-16-79-50-42(59)25-39(26-43(50)60)56(70)85-30-34-8-2-5-11-47(34)64(74)75)23-38(22-36)55(69)83-20-17-80-51-44(61)27-40(28-45(51)62)57(71)86-31-35-9-3-6-12-48(35)65(76)77/h1-14,21-28H,15-20,29-31H2. The van der Waals surface area contributed by atoms with Crippen molar-refractivity contribution in [2.24, 2.45) is 0 Å². The van der Waals surface area contributed by atoms with E-state index in [0.29, 0.717) is 35.1 Å². The van der Waals surface area contributed by atoms with Gasteiger partial charge in [-0.3, -0.25) is 30.3 Å². The van der Waals surface area contributed by atoms with Gasteiger partial charge in [0.1, 0.15) is 76.7 Å². The largest absolute Gasteiger partial charge is 0.489 e. The second-order valence-electron chi connectivity index (χ2n) is 17.3. The van der Waals surface area contributed by atoms with Crippen molar-refractivity contribution < 1.29 is 86.2 Å². The molecule has 0 N–H and O–H groups in total. The highest BCUT2D eigenvalue weighted by Crippen LogP contribution is 2.32. The Balaban J connectivity index is 0.968. The van der Waals surface area contributed by atoms with Crippen molar-refractivity contribution in [2.45, 2.75) is 19.8 Å². The monoisotopic (exact) mass is 1740 g/mol. The van der Waals surface area contributed by atoms with Crippen molar-refractivity contribution in [3.8, 4) is 17.2 Å². The van der Waals surface area contributed by atoms with Gasteiger partial charge < -0.3 is 42.6 Å². The minimum absolute atomic E-state index is 0.143. The molecule has 0 bridgehead atoms. The van der Waals surface area contributed by atoms with Gasteiger partial charge in [0, 0.05) is 18.2 Å². The van der Waals surface area contributed by atoms with Crippen LogP contribution in [0.25, 0.3) is 0 Å². The molecule has 0 amide bonds. The number of esters is 6. The number of nitro benzene ring substituents is 3. The number of ether oxygens (including phenoxy) is 9. The molecule has 0 atom stereocenters. The van der Waals surface area contributed by atoms with Crippen LogP contribution in [0.3, 0.4) is 0 Å². The van der Waals surface area contributed by atoms with Gasteiger partial charge in [0.2, 0.25) is 0 Å². The molecule has 7 rings (SSSR count). The Labute approximate surface area is 555 Å². The maximum atomic E-state index is 13.6. The van der Waals surface area contributed by atoms with E-state index in [1.165, 1.54) is 97.1 Å². The van der Waals surface area contributed by atoms with Gasteiger partial charge in [-0.25, -0.2) is 28.8 Å². The van der Waals surface area contributed by atoms with Crippen LogP contribution >= 0.6 is 113 Å². The molecule has 0 saturated carbocycles. The molecule has 7 aromatic carbocycles. The molecule has 0 aliphatic heterocycles. The van der Waals surface area contributed by atoms with Crippen LogP contribution < -0.4 is 14.2 Å². The van der Waals surface area contributed by atoms with E-state index in [4.69, 9.17) is 42.6 Å². The predicted octanol–water partition coefficient (Wildman–Crippen LogP) is 12.2. The van der Waals surface area contributed by atoms with E-state index >= 15 is 0 Å². The SMILES string of the molecule is O=C(OCCOc1ccc(C(=O)OCc2ccccc2[N+](=O)[O-])cc1I)c1cc(C(=O)OCCOc2c(I)cc(C(=O)OCc3ccccc3[N+](=O)[O-])cc2I)cc(C(=O)OCCOc2c(I)cc(C(=O)OCc3ccccc3[N+](=O)[O-])cc2I)c1. The molecule has 0 aliphatic carbocycles. The maximum absolute atomic E-state index is 13.6. The summed E-state index contributed by atoms with van der Waals surface area (Å²) < 4.78 is 52.5. The van der Waals surface area contributed by atoms with Gasteiger partial charge in [-0.1, -0.05) is 36.4 Å². The Kier molecular flexibility index (Phi) is 24.5. The van der Waals surface area contributed by atoms with Crippen molar-refractivity contribution in [3.05, 3.63) is 232 Å². The summed E-state index contributed by atoms with van der Waals surface area (Å²) in [7, 11) is 0. The lowest BCUT2D eigenvalue weighted by molar-refractivity contribution is -0.386. The summed E-state index contributed by atoms with van der Waals surface area (Å²) in [6.07, 6.45) is 0. The normalized spacial score (nSPS) is 10.7. The zero-order chi connectivity index (χ0) is 62.0. The molecule has 0 heterocycles. The Bertz CT molecular complexity index is 3580. The van der Waals surface area contributed by atoms with E-state index in [-0.39, 0.29) is 127 Å². The van der Waals surface area contributed by atoms with Gasteiger partial charge in [-0.15, -0.1) is 0 Å². The lowest BCUT2D eigenvalue weighted by atomic mass is 10.1. The van der Waals surface area contributed by atoms with Crippen LogP contribution in [0.4, 0.5) is 17.1 Å². The molecule has 0 spiro atoms. The predicted molar refractivity (Wildman–Crippen MR) is 343 cm³/mol. The Morgan fingerprint density at radius 3 is 0.930 bits per heavy atom. The number of para-hydroxylation sites is 3. The van der Waals surface area contributed by atoms with Gasteiger partial charge in [0.05, 0.1) is 82.7 Å². The van der Waals surface area contributed by atoms with E-state index in [9.17, 15) is 59.1 Å². The number of hydrogen-bond acceptors (Lipinski definition) is 21. The van der Waals surface area contributed by atoms with Crippen molar-refractivity contribution in [3.63, 3.8) is 0 Å². The van der Waals surface area contributed by atoms with Gasteiger partial charge in [-0.2, -0.15) is 0 Å². The lowest BCUT2D eigenvalue weighted by Crippen LogP contribution is -2.18. The third-order valence-electron chi connectivity index (χ3n) is 11.6. The molecule has 0 aliphatic rings. The molecular weight excluding hydrogens is 1700 g/mol. The van der Waals surface area contributed by atoms with Crippen molar-refractivity contribution in [2.75, 3.05) is 39.6 Å². The summed E-state index contributed by atoms with van der Waals surface area (Å²) in [4.78, 5) is 112. The topological polar surface area (TPSA) is 315 Å². The fourth-order valence-electron chi connectivity index (χ4n) is 7.56. The van der Waals surface area contributed by atoms with E-state index in [1.54, 1.807) is 18.2 Å². The van der Waals surface area contributed by atoms with Crippen molar-refractivity contribution in [1.29, 1.82) is 0 Å². The number of nitrogens with zero attached hydrogens (tertiary/aromatic N) is 3. The first-order valence-electron chi connectivity index (χ1n) is 24.7. The maximum Gasteiger partial charge on any atom is 0.338 e. The summed E-state index contributed by atoms with van der Waals surface area (Å²) in [6, 6.07) is 31.4. The fourth-order valence-corrected chi connectivity index (χ4v) is 12.4. The quantitative estimate of drug-likeness (QED) is 0.0115. The number of carbonyl (C=O) groups excluding carboxylic acids is 6. The minimum atomic E-state index is -0.967. The highest BCUT2D eigenvalue weighted by Gasteiger charge is 2.24. The van der Waals surface area contributed by atoms with Gasteiger partial charge in [0.15, 0.2) is 0 Å². The van der Waals surface area contributed by atoms with Gasteiger partial charge in [0.25, 0.3) is 17.1 Å². The zero-order valence-electron chi connectivity index (χ0n) is 43.9. The van der Waals surface area contributed by atoms with Gasteiger partial charge >= 0.3 is 35.8 Å². The number of nitro groups is 3. The zero-order valence-corrected chi connectivity index (χ0v) is 54.7. The van der Waals surface area contributed by atoms with Crippen LogP contribution in [0.2, 0.25) is 0 Å². The number of halogens is 5. The third kappa shape index (κ3) is 18.3. The smallest absolute Gasteiger partial charge is 0.338 e. The molecule has 444 valence electrons. The third-order valence-corrected chi connectivity index (χ3v) is 15.7. The average molecular weight is 1740 g/mol. The Morgan fingerprint density at radius 1 is 0.326 bits per heavy atom. The van der Waals surface area contributed by atoms with Crippen molar-refractivity contribution >= 4 is 166 Å². The number of rotatable bonds is 27. The fraction of sp³-hybridized carbons (Fsp3) is 0.158. The van der Waals surface area contributed by atoms with E-state index in [1.807, 2.05) is 113 Å². The summed E-state index contributed by atoms with van der Waals surface area (Å²) in [6.45, 7) is -2.54. The lowest BCUT2D eigenvalue weighted by Gasteiger charge is -2.14. The summed E-state index contributed by atoms with van der Waals surface area (Å²) >= 11 is 9.71. The van der Waals surface area contributed by atoms with Crippen LogP contribution in [0.15, 0.2) is 133 Å². The number of hydrogen-bond donors (Lipinski definition) is 0. The number of carbonyl (C=O) groups is 6.